The molecular weight excluding hydrogens is 513 g/mol. The zero-order valence-electron chi connectivity index (χ0n) is 23.8. The van der Waals surface area contributed by atoms with Crippen molar-refractivity contribution in [2.75, 3.05) is 33.2 Å². The highest BCUT2D eigenvalue weighted by Gasteiger charge is 2.21. The van der Waals surface area contributed by atoms with E-state index in [9.17, 15) is 14.2 Å². The number of esters is 1. The summed E-state index contributed by atoms with van der Waals surface area (Å²) in [4.78, 5) is 40.9. The predicted octanol–water partition coefficient (Wildman–Crippen LogP) is 5.79. The Kier molecular flexibility index (Phi) is 25.5. The minimum absolute atomic E-state index is 0.000872. The molecule has 0 spiro atoms. The van der Waals surface area contributed by atoms with Crippen molar-refractivity contribution >= 4 is 19.7 Å². The maximum Gasteiger partial charge on any atom is 0.469 e. The first-order chi connectivity index (χ1) is 18.2. The van der Waals surface area contributed by atoms with E-state index in [1.54, 1.807) is 0 Å². The Hall–Kier alpha value is -1.03. The van der Waals surface area contributed by atoms with Crippen molar-refractivity contribution < 1.29 is 42.7 Å². The first-order valence-electron chi connectivity index (χ1n) is 14.5. The second-order valence-electron chi connectivity index (χ2n) is 9.83. The quantitative estimate of drug-likeness (QED) is 0.0464. The fourth-order valence-corrected chi connectivity index (χ4v) is 4.26. The Balaban J connectivity index is 3.88. The van der Waals surface area contributed by atoms with Crippen LogP contribution >= 0.6 is 7.82 Å². The molecule has 0 aromatic heterocycles. The molecule has 0 radical (unpaired) electrons. The van der Waals surface area contributed by atoms with Crippen LogP contribution in [0.2, 0.25) is 0 Å². The molecule has 0 bridgehead atoms. The Morgan fingerprint density at radius 2 is 1.32 bits per heavy atom. The van der Waals surface area contributed by atoms with Crippen molar-refractivity contribution in [1.29, 1.82) is 0 Å². The van der Waals surface area contributed by atoms with Crippen LogP contribution in [0, 0.1) is 0 Å². The van der Waals surface area contributed by atoms with Gasteiger partial charge in [0, 0.05) is 26.5 Å². The van der Waals surface area contributed by atoms with E-state index < -0.39 is 26.5 Å². The molecule has 11 heteroatoms. The molecule has 0 saturated heterocycles. The largest absolute Gasteiger partial charge is 0.469 e. The minimum Gasteiger partial charge on any atom is -0.457 e. The van der Waals surface area contributed by atoms with E-state index in [1.807, 2.05) is 0 Å². The van der Waals surface area contributed by atoms with E-state index in [1.165, 1.54) is 51.9 Å². The third-order valence-electron chi connectivity index (χ3n) is 6.02. The fraction of sp³-hybridized carbons (Fsp3) is 0.926. The van der Waals surface area contributed by atoms with Crippen LogP contribution in [0.25, 0.3) is 0 Å². The van der Waals surface area contributed by atoms with Crippen molar-refractivity contribution in [2.45, 2.75) is 129 Å². The average Bonchev–Trinajstić information content (AvgIpc) is 2.85. The van der Waals surface area contributed by atoms with Crippen LogP contribution in [0.1, 0.15) is 123 Å². The van der Waals surface area contributed by atoms with E-state index >= 15 is 0 Å². The molecule has 0 aliphatic carbocycles. The van der Waals surface area contributed by atoms with Gasteiger partial charge in [-0.2, -0.15) is 0 Å². The summed E-state index contributed by atoms with van der Waals surface area (Å²) in [6.45, 7) is 4.48. The lowest BCUT2D eigenvalue weighted by Crippen LogP contribution is -2.28. The smallest absolute Gasteiger partial charge is 0.457 e. The van der Waals surface area contributed by atoms with Gasteiger partial charge in [-0.25, -0.2) is 4.57 Å². The molecule has 0 unspecified atom stereocenters. The van der Waals surface area contributed by atoms with Gasteiger partial charge in [-0.1, -0.05) is 90.4 Å². The van der Waals surface area contributed by atoms with Gasteiger partial charge in [-0.3, -0.25) is 14.1 Å². The third kappa shape index (κ3) is 29.5. The van der Waals surface area contributed by atoms with Gasteiger partial charge in [0.25, 0.3) is 0 Å². The number of carbonyl (C=O) groups is 2. The number of unbranched alkanes of at least 4 members (excludes halogenated alkanes) is 14. The van der Waals surface area contributed by atoms with Gasteiger partial charge in [0.2, 0.25) is 5.91 Å². The number of amides is 1. The van der Waals surface area contributed by atoms with Crippen LogP contribution < -0.4 is 5.32 Å². The Labute approximate surface area is 230 Å². The standard InChI is InChI=1S/C27H54NO9P/c1-3-4-5-6-7-8-9-10-13-16-19-27(30)37-26(23-36-38(31,32)33)22-35-24-34-21-18-15-12-11-14-17-20-28-25(2)29/h26H,3-24H2,1-2H3,(H,28,29)(H2,31,32,33)/t26-/m1/s1. The van der Waals surface area contributed by atoms with Gasteiger partial charge in [-0.15, -0.1) is 0 Å². The zero-order chi connectivity index (χ0) is 28.3. The topological polar surface area (TPSA) is 141 Å². The van der Waals surface area contributed by atoms with Crippen LogP contribution in [-0.2, 0) is 32.9 Å². The molecule has 1 atom stereocenters. The minimum atomic E-state index is -4.68. The number of phosphoric ester groups is 1. The van der Waals surface area contributed by atoms with Crippen LogP contribution in [0.4, 0.5) is 0 Å². The highest BCUT2D eigenvalue weighted by Crippen LogP contribution is 2.35. The molecule has 0 aromatic rings. The average molecular weight is 568 g/mol. The van der Waals surface area contributed by atoms with Gasteiger partial charge in [0.15, 0.2) is 0 Å². The Morgan fingerprint density at radius 3 is 1.89 bits per heavy atom. The summed E-state index contributed by atoms with van der Waals surface area (Å²) in [5.41, 5.74) is 0. The molecule has 38 heavy (non-hydrogen) atoms. The maximum absolute atomic E-state index is 12.2. The highest BCUT2D eigenvalue weighted by atomic mass is 31.2. The first kappa shape index (κ1) is 37.0. The molecular formula is C27H54NO9P. The molecule has 0 fully saturated rings. The maximum atomic E-state index is 12.2. The third-order valence-corrected chi connectivity index (χ3v) is 6.51. The number of ether oxygens (including phenoxy) is 3. The number of rotatable bonds is 28. The molecule has 0 aliphatic heterocycles. The number of hydrogen-bond donors (Lipinski definition) is 3. The lowest BCUT2D eigenvalue weighted by molar-refractivity contribution is -0.158. The molecule has 10 nitrogen and oxygen atoms in total. The fourth-order valence-electron chi connectivity index (χ4n) is 3.90. The Morgan fingerprint density at radius 1 is 0.763 bits per heavy atom. The molecule has 0 saturated carbocycles. The van der Waals surface area contributed by atoms with E-state index in [-0.39, 0.29) is 25.7 Å². The van der Waals surface area contributed by atoms with Crippen LogP contribution in [0.3, 0.4) is 0 Å². The molecule has 0 rings (SSSR count). The van der Waals surface area contributed by atoms with Crippen LogP contribution in [0.5, 0.6) is 0 Å². The molecule has 3 N–H and O–H groups in total. The molecule has 0 heterocycles. The monoisotopic (exact) mass is 567 g/mol. The number of phosphoric acid groups is 1. The van der Waals surface area contributed by atoms with Gasteiger partial charge in [-0.05, 0) is 19.3 Å². The summed E-state index contributed by atoms with van der Waals surface area (Å²) in [5.74, 6) is -0.419. The summed E-state index contributed by atoms with van der Waals surface area (Å²) < 4.78 is 31.7. The number of hydrogen-bond acceptors (Lipinski definition) is 7. The van der Waals surface area contributed by atoms with Crippen molar-refractivity contribution in [1.82, 2.24) is 5.32 Å². The van der Waals surface area contributed by atoms with E-state index in [0.717, 1.165) is 64.3 Å². The molecule has 0 aromatic carbocycles. The lowest BCUT2D eigenvalue weighted by Gasteiger charge is -2.18. The summed E-state index contributed by atoms with van der Waals surface area (Å²) in [6, 6.07) is 0. The second kappa shape index (κ2) is 26.2. The van der Waals surface area contributed by atoms with Crippen molar-refractivity contribution in [2.24, 2.45) is 0 Å². The van der Waals surface area contributed by atoms with Crippen LogP contribution in [0.15, 0.2) is 0 Å². The van der Waals surface area contributed by atoms with Crippen molar-refractivity contribution in [3.05, 3.63) is 0 Å². The summed E-state index contributed by atoms with van der Waals surface area (Å²) in [7, 11) is -4.68. The first-order valence-corrected chi connectivity index (χ1v) is 16.1. The number of nitrogens with one attached hydrogen (secondary N) is 1. The summed E-state index contributed by atoms with van der Waals surface area (Å²) >= 11 is 0. The zero-order valence-corrected chi connectivity index (χ0v) is 24.7. The second-order valence-corrected chi connectivity index (χ2v) is 11.1. The van der Waals surface area contributed by atoms with E-state index in [4.69, 9.17) is 24.0 Å². The van der Waals surface area contributed by atoms with Gasteiger partial charge >= 0.3 is 13.8 Å². The van der Waals surface area contributed by atoms with E-state index in [2.05, 4.69) is 16.8 Å². The number of carbonyl (C=O) groups excluding carboxylic acids is 2. The lowest BCUT2D eigenvalue weighted by atomic mass is 10.1. The van der Waals surface area contributed by atoms with E-state index in [0.29, 0.717) is 6.61 Å². The summed E-state index contributed by atoms with van der Waals surface area (Å²) in [5, 5.41) is 2.79. The molecule has 226 valence electrons. The SMILES string of the molecule is CCCCCCCCCCCCC(=O)O[C@H](COCOCCCCCCCCNC(C)=O)COP(=O)(O)O. The summed E-state index contributed by atoms with van der Waals surface area (Å²) in [6.07, 6.45) is 17.2. The normalized spacial score (nSPS) is 12.4. The van der Waals surface area contributed by atoms with Gasteiger partial charge < -0.3 is 29.3 Å². The van der Waals surface area contributed by atoms with Gasteiger partial charge in [0.05, 0.1) is 13.2 Å². The van der Waals surface area contributed by atoms with Gasteiger partial charge in [0.1, 0.15) is 12.9 Å². The van der Waals surface area contributed by atoms with Crippen molar-refractivity contribution in [3.8, 4) is 0 Å². The Bertz CT molecular complexity index is 615. The van der Waals surface area contributed by atoms with Crippen LogP contribution in [-0.4, -0.2) is 60.9 Å². The van der Waals surface area contributed by atoms with Crippen molar-refractivity contribution in [3.63, 3.8) is 0 Å². The molecule has 0 aliphatic rings. The predicted molar refractivity (Wildman–Crippen MR) is 147 cm³/mol. The molecule has 1 amide bonds. The highest BCUT2D eigenvalue weighted by molar-refractivity contribution is 7.46.